The lowest BCUT2D eigenvalue weighted by Crippen LogP contribution is -2.29. The highest BCUT2D eigenvalue weighted by atomic mass is 16.4. The van der Waals surface area contributed by atoms with Crippen LogP contribution < -0.4 is 5.32 Å². The fraction of sp³-hybridized carbons (Fsp3) is 0.571. The van der Waals surface area contributed by atoms with E-state index >= 15 is 0 Å². The summed E-state index contributed by atoms with van der Waals surface area (Å²) in [7, 11) is 0. The summed E-state index contributed by atoms with van der Waals surface area (Å²) in [4.78, 5) is 10.2. The number of carboxylic acids is 1. The second kappa shape index (κ2) is 3.25. The van der Waals surface area contributed by atoms with Crippen LogP contribution in [0, 0.1) is 0 Å². The smallest absolute Gasteiger partial charge is 0.305 e. The Labute approximate surface area is 59.7 Å². The SMILES string of the molecule is O=C(O)CC1CCC=CN1. The quantitative estimate of drug-likeness (QED) is 0.596. The molecule has 1 rings (SSSR count). The molecule has 0 bridgehead atoms. The van der Waals surface area contributed by atoms with Crippen molar-refractivity contribution in [2.24, 2.45) is 0 Å². The first-order valence-corrected chi connectivity index (χ1v) is 3.42. The van der Waals surface area contributed by atoms with Gasteiger partial charge in [-0.3, -0.25) is 4.79 Å². The van der Waals surface area contributed by atoms with Gasteiger partial charge in [0.25, 0.3) is 0 Å². The third kappa shape index (κ3) is 2.09. The van der Waals surface area contributed by atoms with Crippen LogP contribution in [-0.2, 0) is 4.79 Å². The topological polar surface area (TPSA) is 49.3 Å². The van der Waals surface area contributed by atoms with Crippen LogP contribution in [0.1, 0.15) is 19.3 Å². The maximum Gasteiger partial charge on any atom is 0.305 e. The Kier molecular flexibility index (Phi) is 2.31. The van der Waals surface area contributed by atoms with Crippen molar-refractivity contribution in [1.82, 2.24) is 5.32 Å². The zero-order valence-corrected chi connectivity index (χ0v) is 5.71. The number of carbonyl (C=O) groups is 1. The molecule has 0 saturated heterocycles. The number of hydrogen-bond donors (Lipinski definition) is 2. The van der Waals surface area contributed by atoms with E-state index in [0.717, 1.165) is 12.8 Å². The molecule has 1 aliphatic rings. The minimum Gasteiger partial charge on any atom is -0.481 e. The average Bonchev–Trinajstić information content (AvgIpc) is 1.88. The largest absolute Gasteiger partial charge is 0.481 e. The van der Waals surface area contributed by atoms with Gasteiger partial charge >= 0.3 is 5.97 Å². The zero-order valence-electron chi connectivity index (χ0n) is 5.71. The normalized spacial score (nSPS) is 23.8. The van der Waals surface area contributed by atoms with E-state index in [1.54, 1.807) is 0 Å². The maximum absolute atomic E-state index is 10.2. The van der Waals surface area contributed by atoms with Crippen molar-refractivity contribution in [2.45, 2.75) is 25.3 Å². The van der Waals surface area contributed by atoms with E-state index in [1.807, 2.05) is 12.3 Å². The predicted octanol–water partition coefficient (Wildman–Crippen LogP) is 0.727. The Bertz CT molecular complexity index is 154. The van der Waals surface area contributed by atoms with Crippen LogP contribution in [0.25, 0.3) is 0 Å². The summed E-state index contributed by atoms with van der Waals surface area (Å²) in [5.41, 5.74) is 0. The van der Waals surface area contributed by atoms with E-state index in [1.165, 1.54) is 0 Å². The molecule has 2 N–H and O–H groups in total. The molecule has 10 heavy (non-hydrogen) atoms. The molecule has 0 radical (unpaired) electrons. The molecule has 0 fully saturated rings. The van der Waals surface area contributed by atoms with Crippen LogP contribution >= 0.6 is 0 Å². The molecule has 0 aromatic heterocycles. The molecule has 1 aliphatic heterocycles. The van der Waals surface area contributed by atoms with Gasteiger partial charge in [-0.15, -0.1) is 0 Å². The lowest BCUT2D eigenvalue weighted by Gasteiger charge is -2.17. The summed E-state index contributed by atoms with van der Waals surface area (Å²) >= 11 is 0. The van der Waals surface area contributed by atoms with Gasteiger partial charge in [0.15, 0.2) is 0 Å². The van der Waals surface area contributed by atoms with Gasteiger partial charge in [-0.25, -0.2) is 0 Å². The van der Waals surface area contributed by atoms with Gasteiger partial charge in [-0.2, -0.15) is 0 Å². The van der Waals surface area contributed by atoms with E-state index in [4.69, 9.17) is 5.11 Å². The molecular formula is C7H11NO2. The molecule has 0 aromatic rings. The fourth-order valence-electron chi connectivity index (χ4n) is 1.04. The highest BCUT2D eigenvalue weighted by Crippen LogP contribution is 2.06. The molecule has 56 valence electrons. The number of aliphatic carboxylic acids is 1. The molecule has 0 aromatic carbocycles. The van der Waals surface area contributed by atoms with Crippen molar-refractivity contribution in [1.29, 1.82) is 0 Å². The minimum absolute atomic E-state index is 0.141. The summed E-state index contributed by atoms with van der Waals surface area (Å²) in [5, 5.41) is 11.4. The molecule has 1 atom stereocenters. The van der Waals surface area contributed by atoms with E-state index in [2.05, 4.69) is 5.32 Å². The lowest BCUT2D eigenvalue weighted by atomic mass is 10.1. The zero-order chi connectivity index (χ0) is 7.40. The Morgan fingerprint density at radius 3 is 3.10 bits per heavy atom. The minimum atomic E-state index is -0.729. The van der Waals surface area contributed by atoms with Gasteiger partial charge in [-0.05, 0) is 19.0 Å². The average molecular weight is 141 g/mol. The molecular weight excluding hydrogens is 130 g/mol. The maximum atomic E-state index is 10.2. The number of rotatable bonds is 2. The first-order chi connectivity index (χ1) is 4.79. The second-order valence-electron chi connectivity index (χ2n) is 2.44. The van der Waals surface area contributed by atoms with Crippen LogP contribution in [0.5, 0.6) is 0 Å². The second-order valence-corrected chi connectivity index (χ2v) is 2.44. The molecule has 3 nitrogen and oxygen atoms in total. The third-order valence-electron chi connectivity index (χ3n) is 1.55. The van der Waals surface area contributed by atoms with Gasteiger partial charge in [-0.1, -0.05) is 6.08 Å². The van der Waals surface area contributed by atoms with Gasteiger partial charge in [0.05, 0.1) is 6.42 Å². The van der Waals surface area contributed by atoms with Crippen LogP contribution in [-0.4, -0.2) is 17.1 Å². The van der Waals surface area contributed by atoms with Gasteiger partial charge < -0.3 is 10.4 Å². The van der Waals surface area contributed by atoms with E-state index in [-0.39, 0.29) is 12.5 Å². The Morgan fingerprint density at radius 2 is 2.60 bits per heavy atom. The van der Waals surface area contributed by atoms with Crippen molar-refractivity contribution in [3.05, 3.63) is 12.3 Å². The monoisotopic (exact) mass is 141 g/mol. The molecule has 0 spiro atoms. The summed E-state index contributed by atoms with van der Waals surface area (Å²) in [6.07, 6.45) is 5.99. The van der Waals surface area contributed by atoms with Crippen LogP contribution in [0.4, 0.5) is 0 Å². The van der Waals surface area contributed by atoms with Gasteiger partial charge in [0.2, 0.25) is 0 Å². The number of hydrogen-bond acceptors (Lipinski definition) is 2. The molecule has 3 heteroatoms. The first kappa shape index (κ1) is 7.12. The van der Waals surface area contributed by atoms with Crippen molar-refractivity contribution in [3.63, 3.8) is 0 Å². The van der Waals surface area contributed by atoms with Crippen molar-refractivity contribution in [3.8, 4) is 0 Å². The van der Waals surface area contributed by atoms with Crippen LogP contribution in [0.15, 0.2) is 12.3 Å². The van der Waals surface area contributed by atoms with E-state index in [9.17, 15) is 4.79 Å². The third-order valence-corrected chi connectivity index (χ3v) is 1.55. The number of allylic oxidation sites excluding steroid dienone is 1. The molecule has 0 amide bonds. The van der Waals surface area contributed by atoms with E-state index < -0.39 is 5.97 Å². The first-order valence-electron chi connectivity index (χ1n) is 3.42. The molecule has 1 unspecified atom stereocenters. The summed E-state index contributed by atoms with van der Waals surface area (Å²) in [6, 6.07) is 0.141. The van der Waals surface area contributed by atoms with Crippen LogP contribution in [0.3, 0.4) is 0 Å². The van der Waals surface area contributed by atoms with Gasteiger partial charge in [0, 0.05) is 6.04 Å². The molecule has 0 aliphatic carbocycles. The Hall–Kier alpha value is -0.990. The Balaban J connectivity index is 2.28. The summed E-state index contributed by atoms with van der Waals surface area (Å²) < 4.78 is 0. The fourth-order valence-corrected chi connectivity index (χ4v) is 1.04. The van der Waals surface area contributed by atoms with Crippen LogP contribution in [0.2, 0.25) is 0 Å². The Morgan fingerprint density at radius 1 is 1.80 bits per heavy atom. The highest BCUT2D eigenvalue weighted by molar-refractivity contribution is 5.67. The number of nitrogens with one attached hydrogen (secondary N) is 1. The standard InChI is InChI=1S/C7H11NO2/c9-7(10)5-6-3-1-2-4-8-6/h2,4,6,8H,1,3,5H2,(H,9,10). The molecule has 1 heterocycles. The van der Waals surface area contributed by atoms with Gasteiger partial charge in [0.1, 0.15) is 0 Å². The van der Waals surface area contributed by atoms with E-state index in [0.29, 0.717) is 0 Å². The highest BCUT2D eigenvalue weighted by Gasteiger charge is 2.11. The molecule has 0 saturated carbocycles. The summed E-state index contributed by atoms with van der Waals surface area (Å²) in [5.74, 6) is -0.729. The van der Waals surface area contributed by atoms with Crippen molar-refractivity contribution >= 4 is 5.97 Å². The lowest BCUT2D eigenvalue weighted by molar-refractivity contribution is -0.137. The number of carboxylic acid groups (broad SMARTS) is 1. The van der Waals surface area contributed by atoms with Crippen molar-refractivity contribution < 1.29 is 9.90 Å². The van der Waals surface area contributed by atoms with Crippen molar-refractivity contribution in [2.75, 3.05) is 0 Å². The summed E-state index contributed by atoms with van der Waals surface area (Å²) in [6.45, 7) is 0. The predicted molar refractivity (Wildman–Crippen MR) is 37.6 cm³/mol.